The van der Waals surface area contributed by atoms with Crippen LogP contribution in [-0.4, -0.2) is 23.6 Å². The third-order valence-electron chi connectivity index (χ3n) is 2.63. The number of carbonyl (C=O) groups excluding carboxylic acids is 1. The predicted molar refractivity (Wildman–Crippen MR) is 48.9 cm³/mol. The fourth-order valence-electron chi connectivity index (χ4n) is 1.89. The van der Waals surface area contributed by atoms with Crippen LogP contribution in [0.25, 0.3) is 0 Å². The van der Waals surface area contributed by atoms with Crippen LogP contribution in [0.5, 0.6) is 0 Å². The summed E-state index contributed by atoms with van der Waals surface area (Å²) in [7, 11) is 0. The van der Waals surface area contributed by atoms with Gasteiger partial charge in [0.1, 0.15) is 0 Å². The second-order valence-corrected chi connectivity index (χ2v) is 3.39. The Morgan fingerprint density at radius 3 is 3.15 bits per heavy atom. The van der Waals surface area contributed by atoms with Gasteiger partial charge in [0.25, 0.3) is 0 Å². The van der Waals surface area contributed by atoms with E-state index in [1.165, 1.54) is 0 Å². The van der Waals surface area contributed by atoms with Crippen LogP contribution in [0.4, 0.5) is 0 Å². The largest absolute Gasteiger partial charge is 0.376 e. The van der Waals surface area contributed by atoms with Crippen LogP contribution in [0, 0.1) is 0 Å². The zero-order valence-electron chi connectivity index (χ0n) is 7.64. The van der Waals surface area contributed by atoms with Gasteiger partial charge in [-0.3, -0.25) is 4.79 Å². The molecule has 2 unspecified atom stereocenters. The average molecular weight is 179 g/mol. The Balaban J connectivity index is 2.28. The van der Waals surface area contributed by atoms with E-state index in [0.717, 1.165) is 25.0 Å². The molecule has 1 fully saturated rings. The minimum absolute atomic E-state index is 0.214. The van der Waals surface area contributed by atoms with Crippen molar-refractivity contribution in [2.24, 2.45) is 0 Å². The van der Waals surface area contributed by atoms with Crippen LogP contribution >= 0.6 is 0 Å². The summed E-state index contributed by atoms with van der Waals surface area (Å²) >= 11 is 0. The Hall–Kier alpha value is -1.09. The molecule has 13 heavy (non-hydrogen) atoms. The summed E-state index contributed by atoms with van der Waals surface area (Å²) in [6, 6.07) is 4.06. The first-order valence-electron chi connectivity index (χ1n) is 4.56. The first-order valence-corrected chi connectivity index (χ1v) is 4.56. The van der Waals surface area contributed by atoms with Crippen molar-refractivity contribution in [3.63, 3.8) is 0 Å². The van der Waals surface area contributed by atoms with Gasteiger partial charge in [-0.25, -0.2) is 0 Å². The molecule has 0 aromatic carbocycles. The molecule has 1 aliphatic rings. The quantitative estimate of drug-likeness (QED) is 0.646. The Labute approximate surface area is 77.3 Å². The lowest BCUT2D eigenvalue weighted by Gasteiger charge is -2.17. The number of hydrogen-bond donors (Lipinski definition) is 0. The van der Waals surface area contributed by atoms with E-state index in [1.54, 1.807) is 0 Å². The summed E-state index contributed by atoms with van der Waals surface area (Å²) in [4.78, 5) is 10.7. The van der Waals surface area contributed by atoms with Crippen molar-refractivity contribution in [2.45, 2.75) is 25.5 Å². The molecular weight excluding hydrogens is 166 g/mol. The van der Waals surface area contributed by atoms with Crippen molar-refractivity contribution in [1.82, 2.24) is 4.57 Å². The fourth-order valence-corrected chi connectivity index (χ4v) is 1.89. The molecule has 0 saturated carbocycles. The molecular formula is C10H13NO2. The summed E-state index contributed by atoms with van der Waals surface area (Å²) in [5.74, 6) is 0. The van der Waals surface area contributed by atoms with E-state index in [2.05, 4.69) is 0 Å². The molecule has 0 bridgehead atoms. The predicted octanol–water partition coefficient (Wildman–Crippen LogP) is 1.65. The second kappa shape index (κ2) is 3.34. The van der Waals surface area contributed by atoms with Gasteiger partial charge in [0.2, 0.25) is 0 Å². The third-order valence-corrected chi connectivity index (χ3v) is 2.63. The smallest absolute Gasteiger partial charge is 0.166 e. The van der Waals surface area contributed by atoms with Crippen LogP contribution < -0.4 is 0 Å². The van der Waals surface area contributed by atoms with Gasteiger partial charge < -0.3 is 9.30 Å². The molecule has 0 N–H and O–H groups in total. The van der Waals surface area contributed by atoms with Gasteiger partial charge in [-0.15, -0.1) is 0 Å². The molecule has 0 amide bonds. The van der Waals surface area contributed by atoms with Crippen molar-refractivity contribution < 1.29 is 9.53 Å². The van der Waals surface area contributed by atoms with Crippen LogP contribution in [0.1, 0.15) is 29.9 Å². The summed E-state index contributed by atoms with van der Waals surface area (Å²) in [5.41, 5.74) is 0.738. The highest BCUT2D eigenvalue weighted by Gasteiger charge is 2.26. The second-order valence-electron chi connectivity index (χ2n) is 3.39. The monoisotopic (exact) mass is 179 g/mol. The lowest BCUT2D eigenvalue weighted by molar-refractivity contribution is 0.104. The highest BCUT2D eigenvalue weighted by molar-refractivity contribution is 5.72. The van der Waals surface area contributed by atoms with E-state index in [-0.39, 0.29) is 6.10 Å². The van der Waals surface area contributed by atoms with E-state index < -0.39 is 0 Å². The van der Waals surface area contributed by atoms with E-state index >= 15 is 0 Å². The van der Waals surface area contributed by atoms with Gasteiger partial charge in [-0.1, -0.05) is 0 Å². The summed E-state index contributed by atoms with van der Waals surface area (Å²) in [5, 5.41) is 0. The fraction of sp³-hybridized carbons (Fsp3) is 0.500. The van der Waals surface area contributed by atoms with Gasteiger partial charge >= 0.3 is 0 Å². The maximum Gasteiger partial charge on any atom is 0.166 e. The zero-order valence-corrected chi connectivity index (χ0v) is 7.64. The topological polar surface area (TPSA) is 31.2 Å². The SMILES string of the molecule is CC1OCCC1n1cccc1C=O. The third kappa shape index (κ3) is 1.40. The van der Waals surface area contributed by atoms with Crippen LogP contribution in [0.2, 0.25) is 0 Å². The average Bonchev–Trinajstić information content (AvgIpc) is 2.71. The number of nitrogens with zero attached hydrogens (tertiary/aromatic N) is 1. The first kappa shape index (κ1) is 8.51. The number of aromatic nitrogens is 1. The van der Waals surface area contributed by atoms with Crippen molar-refractivity contribution in [1.29, 1.82) is 0 Å². The van der Waals surface area contributed by atoms with E-state index in [4.69, 9.17) is 4.74 Å². The van der Waals surface area contributed by atoms with Crippen molar-refractivity contribution >= 4 is 6.29 Å². The van der Waals surface area contributed by atoms with Crippen molar-refractivity contribution in [3.05, 3.63) is 24.0 Å². The molecule has 0 spiro atoms. The minimum atomic E-state index is 0.214. The molecule has 1 saturated heterocycles. The van der Waals surface area contributed by atoms with Crippen molar-refractivity contribution in [3.8, 4) is 0 Å². The molecule has 1 aromatic rings. The standard InChI is InChI=1S/C10H13NO2/c1-8-10(4-6-13-8)11-5-2-3-9(11)7-12/h2-3,5,7-8,10H,4,6H2,1H3. The van der Waals surface area contributed by atoms with Gasteiger partial charge in [-0.05, 0) is 25.5 Å². The van der Waals surface area contributed by atoms with Crippen LogP contribution in [0.3, 0.4) is 0 Å². The van der Waals surface area contributed by atoms with Gasteiger partial charge in [0, 0.05) is 12.8 Å². The zero-order chi connectivity index (χ0) is 9.26. The number of ether oxygens (including phenoxy) is 1. The summed E-state index contributed by atoms with van der Waals surface area (Å²) in [6.45, 7) is 2.84. The minimum Gasteiger partial charge on any atom is -0.376 e. The molecule has 1 aromatic heterocycles. The maximum absolute atomic E-state index is 10.7. The molecule has 1 aliphatic heterocycles. The van der Waals surface area contributed by atoms with Crippen LogP contribution in [-0.2, 0) is 4.74 Å². The molecule has 2 heterocycles. The molecule has 0 radical (unpaired) electrons. The van der Waals surface area contributed by atoms with E-state index in [9.17, 15) is 4.79 Å². The summed E-state index contributed by atoms with van der Waals surface area (Å²) in [6.07, 6.45) is 4.05. The molecule has 0 aliphatic carbocycles. The Morgan fingerprint density at radius 2 is 2.54 bits per heavy atom. The lowest BCUT2D eigenvalue weighted by Crippen LogP contribution is -2.17. The molecule has 3 heteroatoms. The van der Waals surface area contributed by atoms with Crippen molar-refractivity contribution in [2.75, 3.05) is 6.61 Å². The molecule has 2 rings (SSSR count). The van der Waals surface area contributed by atoms with Gasteiger partial charge in [0.15, 0.2) is 6.29 Å². The van der Waals surface area contributed by atoms with Gasteiger partial charge in [-0.2, -0.15) is 0 Å². The number of rotatable bonds is 2. The highest BCUT2D eigenvalue weighted by atomic mass is 16.5. The normalized spacial score (nSPS) is 27.8. The van der Waals surface area contributed by atoms with E-state index in [1.807, 2.05) is 29.8 Å². The Kier molecular flexibility index (Phi) is 2.19. The number of hydrogen-bond acceptors (Lipinski definition) is 2. The molecule has 3 nitrogen and oxygen atoms in total. The van der Waals surface area contributed by atoms with Gasteiger partial charge in [0.05, 0.1) is 17.8 Å². The number of carbonyl (C=O) groups is 1. The first-order chi connectivity index (χ1) is 6.33. The summed E-state index contributed by atoms with van der Waals surface area (Å²) < 4.78 is 7.46. The number of aldehydes is 1. The van der Waals surface area contributed by atoms with Crippen LogP contribution in [0.15, 0.2) is 18.3 Å². The molecule has 70 valence electrons. The maximum atomic E-state index is 10.7. The Morgan fingerprint density at radius 1 is 1.69 bits per heavy atom. The molecule has 2 atom stereocenters. The lowest BCUT2D eigenvalue weighted by atomic mass is 10.1. The van der Waals surface area contributed by atoms with E-state index in [0.29, 0.717) is 6.04 Å². The Bertz CT molecular complexity index is 306. The highest BCUT2D eigenvalue weighted by Crippen LogP contribution is 2.26.